The number of pyridine rings is 1. The number of hydrogen-bond donors (Lipinski definition) is 2. The third-order valence-corrected chi connectivity index (χ3v) is 6.82. The second-order valence-electron chi connectivity index (χ2n) is 8.78. The molecule has 7 heteroatoms. The van der Waals surface area contributed by atoms with Gasteiger partial charge >= 0.3 is 0 Å². The van der Waals surface area contributed by atoms with Gasteiger partial charge in [0.2, 0.25) is 0 Å². The lowest BCUT2D eigenvalue weighted by Gasteiger charge is -2.43. The summed E-state index contributed by atoms with van der Waals surface area (Å²) in [5.74, 6) is 0.611. The second kappa shape index (κ2) is 9.19. The minimum atomic E-state index is -0.106. The average Bonchev–Trinajstić information content (AvgIpc) is 2.84. The van der Waals surface area contributed by atoms with Crippen LogP contribution in [-0.2, 0) is 13.1 Å². The normalized spacial score (nSPS) is 18.8. The van der Waals surface area contributed by atoms with E-state index in [0.717, 1.165) is 43.0 Å². The van der Waals surface area contributed by atoms with Crippen molar-refractivity contribution >= 4 is 28.9 Å². The molecule has 0 aliphatic carbocycles. The number of nitrogens with zero attached hydrogens (tertiary/aromatic N) is 2. The van der Waals surface area contributed by atoms with Gasteiger partial charge < -0.3 is 20.1 Å². The molecule has 2 aliphatic rings. The van der Waals surface area contributed by atoms with Gasteiger partial charge in [-0.05, 0) is 60.5 Å². The van der Waals surface area contributed by atoms with Crippen LogP contribution < -0.4 is 16.2 Å². The van der Waals surface area contributed by atoms with E-state index >= 15 is 0 Å². The standard InChI is InChI=1S/C26H26N4O2S/c31-24-8-4-7-23-21-13-19(16-30(23)24)15-29(17-21)26(33)28-22-11-9-20(10-12-22)25(32)27-14-18-5-2-1-3-6-18/h1-12,19,21H,13-17H2,(H,27,32)(H,28,33). The number of anilines is 1. The van der Waals surface area contributed by atoms with Gasteiger partial charge in [-0.3, -0.25) is 9.59 Å². The molecule has 2 N–H and O–H groups in total. The lowest BCUT2D eigenvalue weighted by Crippen LogP contribution is -2.50. The zero-order valence-electron chi connectivity index (χ0n) is 18.2. The molecule has 2 unspecified atom stereocenters. The van der Waals surface area contributed by atoms with E-state index in [-0.39, 0.29) is 11.5 Å². The fourth-order valence-electron chi connectivity index (χ4n) is 4.85. The van der Waals surface area contributed by atoms with Crippen LogP contribution in [0.15, 0.2) is 77.6 Å². The van der Waals surface area contributed by atoms with Crippen molar-refractivity contribution in [3.63, 3.8) is 0 Å². The Morgan fingerprint density at radius 2 is 1.73 bits per heavy atom. The Morgan fingerprint density at radius 3 is 2.52 bits per heavy atom. The van der Waals surface area contributed by atoms with Gasteiger partial charge in [0, 0.05) is 55.1 Å². The van der Waals surface area contributed by atoms with Crippen molar-refractivity contribution in [1.29, 1.82) is 0 Å². The molecule has 33 heavy (non-hydrogen) atoms. The van der Waals surface area contributed by atoms with Crippen molar-refractivity contribution in [2.45, 2.75) is 25.4 Å². The monoisotopic (exact) mass is 458 g/mol. The number of aromatic nitrogens is 1. The Balaban J connectivity index is 1.19. The molecular formula is C26H26N4O2S. The number of rotatable bonds is 4. The number of benzene rings is 2. The summed E-state index contributed by atoms with van der Waals surface area (Å²) in [4.78, 5) is 26.9. The zero-order chi connectivity index (χ0) is 22.8. The van der Waals surface area contributed by atoms with E-state index in [1.54, 1.807) is 18.2 Å². The van der Waals surface area contributed by atoms with Crippen LogP contribution in [0.1, 0.15) is 34.0 Å². The first-order valence-electron chi connectivity index (χ1n) is 11.2. The number of likely N-dealkylation sites (tertiary alicyclic amines) is 1. The molecule has 2 bridgehead atoms. The predicted octanol–water partition coefficient (Wildman–Crippen LogP) is 3.59. The van der Waals surface area contributed by atoms with E-state index in [1.807, 2.05) is 53.1 Å². The molecule has 0 radical (unpaired) electrons. The van der Waals surface area contributed by atoms with Crippen LogP contribution in [0.2, 0.25) is 0 Å². The number of thiocarbonyl (C=S) groups is 1. The molecule has 5 rings (SSSR count). The van der Waals surface area contributed by atoms with Crippen molar-refractivity contribution in [2.24, 2.45) is 5.92 Å². The Bertz CT molecular complexity index is 1220. The molecule has 3 heterocycles. The minimum Gasteiger partial charge on any atom is -0.348 e. The molecule has 1 amide bonds. The van der Waals surface area contributed by atoms with Crippen molar-refractivity contribution < 1.29 is 4.79 Å². The molecule has 1 aromatic heterocycles. The molecular weight excluding hydrogens is 432 g/mol. The molecule has 1 fully saturated rings. The van der Waals surface area contributed by atoms with Gasteiger partial charge in [-0.1, -0.05) is 36.4 Å². The van der Waals surface area contributed by atoms with E-state index in [0.29, 0.717) is 29.1 Å². The van der Waals surface area contributed by atoms with Gasteiger partial charge in [0.1, 0.15) is 0 Å². The van der Waals surface area contributed by atoms with Crippen LogP contribution >= 0.6 is 12.2 Å². The first-order valence-corrected chi connectivity index (χ1v) is 11.7. The summed E-state index contributed by atoms with van der Waals surface area (Å²) in [6.07, 6.45) is 1.09. The van der Waals surface area contributed by atoms with Crippen LogP contribution in [0.3, 0.4) is 0 Å². The first kappa shape index (κ1) is 21.4. The summed E-state index contributed by atoms with van der Waals surface area (Å²) in [6.45, 7) is 2.88. The average molecular weight is 459 g/mol. The molecule has 2 atom stereocenters. The third-order valence-electron chi connectivity index (χ3n) is 6.46. The van der Waals surface area contributed by atoms with E-state index in [4.69, 9.17) is 12.2 Å². The highest BCUT2D eigenvalue weighted by Gasteiger charge is 2.35. The predicted molar refractivity (Wildman–Crippen MR) is 133 cm³/mol. The number of amides is 1. The van der Waals surface area contributed by atoms with Crippen LogP contribution in [0, 0.1) is 5.92 Å². The second-order valence-corrected chi connectivity index (χ2v) is 9.17. The maximum absolute atomic E-state index is 12.4. The molecule has 3 aromatic rings. The van der Waals surface area contributed by atoms with E-state index in [2.05, 4.69) is 21.6 Å². The number of hydrogen-bond acceptors (Lipinski definition) is 3. The molecule has 1 saturated heterocycles. The molecule has 0 spiro atoms. The highest BCUT2D eigenvalue weighted by molar-refractivity contribution is 7.80. The first-order chi connectivity index (χ1) is 16.1. The van der Waals surface area contributed by atoms with E-state index in [9.17, 15) is 9.59 Å². The lowest BCUT2D eigenvalue weighted by atomic mass is 9.83. The van der Waals surface area contributed by atoms with Gasteiger partial charge in [-0.2, -0.15) is 0 Å². The fourth-order valence-corrected chi connectivity index (χ4v) is 5.12. The number of nitrogens with one attached hydrogen (secondary N) is 2. The van der Waals surface area contributed by atoms with Gasteiger partial charge in [-0.25, -0.2) is 0 Å². The van der Waals surface area contributed by atoms with Gasteiger partial charge in [-0.15, -0.1) is 0 Å². The quantitative estimate of drug-likeness (QED) is 0.585. The van der Waals surface area contributed by atoms with Gasteiger partial charge in [0.15, 0.2) is 5.11 Å². The van der Waals surface area contributed by atoms with Crippen LogP contribution in [0.4, 0.5) is 5.69 Å². The molecule has 2 aromatic carbocycles. The SMILES string of the molecule is O=C(NCc1ccccc1)c1ccc(NC(=S)N2CC3CC(C2)c2cccc(=O)n2C3)cc1. The summed E-state index contributed by atoms with van der Waals surface area (Å²) >= 11 is 5.71. The van der Waals surface area contributed by atoms with Gasteiger partial charge in [0.05, 0.1) is 0 Å². The van der Waals surface area contributed by atoms with Crippen molar-refractivity contribution in [1.82, 2.24) is 14.8 Å². The number of fused-ring (bicyclic) bond motifs is 4. The van der Waals surface area contributed by atoms with E-state index < -0.39 is 0 Å². The lowest BCUT2D eigenvalue weighted by molar-refractivity contribution is 0.0951. The number of carbonyl (C=O) groups excluding carboxylic acids is 1. The minimum absolute atomic E-state index is 0.0873. The van der Waals surface area contributed by atoms with Crippen LogP contribution in [0.5, 0.6) is 0 Å². The van der Waals surface area contributed by atoms with Crippen molar-refractivity contribution in [3.05, 3.63) is 100.0 Å². The zero-order valence-corrected chi connectivity index (χ0v) is 19.1. The molecule has 6 nitrogen and oxygen atoms in total. The van der Waals surface area contributed by atoms with Crippen LogP contribution in [0.25, 0.3) is 0 Å². The smallest absolute Gasteiger partial charge is 0.251 e. The summed E-state index contributed by atoms with van der Waals surface area (Å²) in [7, 11) is 0. The Morgan fingerprint density at radius 1 is 0.939 bits per heavy atom. The topological polar surface area (TPSA) is 66.4 Å². The Labute approximate surface area is 198 Å². The fraction of sp³-hybridized carbons (Fsp3) is 0.269. The molecule has 168 valence electrons. The maximum Gasteiger partial charge on any atom is 0.251 e. The van der Waals surface area contributed by atoms with E-state index in [1.165, 1.54) is 0 Å². The summed E-state index contributed by atoms with van der Waals surface area (Å²) in [6, 6.07) is 22.8. The largest absolute Gasteiger partial charge is 0.348 e. The molecule has 2 aliphatic heterocycles. The summed E-state index contributed by atoms with van der Waals surface area (Å²) in [5, 5.41) is 6.94. The third kappa shape index (κ3) is 4.68. The van der Waals surface area contributed by atoms with Crippen molar-refractivity contribution in [3.8, 4) is 0 Å². The molecule has 0 saturated carbocycles. The maximum atomic E-state index is 12.4. The highest BCUT2D eigenvalue weighted by Crippen LogP contribution is 2.35. The highest BCUT2D eigenvalue weighted by atomic mass is 32.1. The summed E-state index contributed by atoms with van der Waals surface area (Å²) in [5.41, 5.74) is 3.72. The summed E-state index contributed by atoms with van der Waals surface area (Å²) < 4.78 is 1.92. The van der Waals surface area contributed by atoms with Gasteiger partial charge in [0.25, 0.3) is 11.5 Å². The number of piperidine rings is 1. The number of carbonyl (C=O) groups is 1. The Kier molecular flexibility index (Phi) is 5.96. The Hall–Kier alpha value is -3.45. The van der Waals surface area contributed by atoms with Crippen LogP contribution in [-0.4, -0.2) is 33.6 Å². The van der Waals surface area contributed by atoms with Crippen molar-refractivity contribution in [2.75, 3.05) is 18.4 Å².